The molecule has 1 fully saturated rings. The Labute approximate surface area is 230 Å². The molecule has 1 amide bonds. The topological polar surface area (TPSA) is 165 Å². The van der Waals surface area contributed by atoms with E-state index in [1.54, 1.807) is 0 Å². The lowest BCUT2D eigenvalue weighted by Gasteiger charge is -2.39. The number of carbonyl (C=O) groups is 4. The van der Waals surface area contributed by atoms with E-state index in [0.29, 0.717) is 4.90 Å². The van der Waals surface area contributed by atoms with Crippen LogP contribution in [0.5, 0.6) is 17.2 Å². The first-order valence-corrected chi connectivity index (χ1v) is 12.6. The summed E-state index contributed by atoms with van der Waals surface area (Å²) in [5.74, 6) is -5.93. The fraction of sp³-hybridized carbons (Fsp3) is 0.407. The van der Waals surface area contributed by atoms with Gasteiger partial charge in [-0.1, -0.05) is 12.1 Å². The highest BCUT2D eigenvalue weighted by atomic mass is 19.4. The van der Waals surface area contributed by atoms with Crippen molar-refractivity contribution in [2.24, 2.45) is 0 Å². The molecule has 2 unspecified atom stereocenters. The number of Topliss-reactive ketones (excluding diaryl/α,β-unsaturated/α-hetero) is 1. The third-order valence-electron chi connectivity index (χ3n) is 7.88. The Kier molecular flexibility index (Phi) is 6.83. The summed E-state index contributed by atoms with van der Waals surface area (Å²) in [5.41, 5.74) is -4.18. The molecule has 1 heterocycles. The fourth-order valence-corrected chi connectivity index (χ4v) is 5.79. The number of halogens is 3. The molecule has 4 N–H and O–H groups in total. The van der Waals surface area contributed by atoms with Gasteiger partial charge in [-0.3, -0.25) is 24.1 Å². The van der Waals surface area contributed by atoms with Gasteiger partial charge in [0, 0.05) is 55.7 Å². The summed E-state index contributed by atoms with van der Waals surface area (Å²) in [7, 11) is 1.29. The number of carbonyl (C=O) groups excluding carboxylic acids is 4. The number of fused-ring (bicyclic) bond motifs is 3. The number of amides is 1. The highest BCUT2D eigenvalue weighted by Crippen LogP contribution is 2.51. The van der Waals surface area contributed by atoms with Crippen molar-refractivity contribution in [1.29, 1.82) is 0 Å². The minimum Gasteiger partial charge on any atom is -0.507 e. The predicted octanol–water partition coefficient (Wildman–Crippen LogP) is 0.868. The summed E-state index contributed by atoms with van der Waals surface area (Å²) >= 11 is 0. The molecule has 2 atom stereocenters. The Morgan fingerprint density at radius 3 is 2.27 bits per heavy atom. The summed E-state index contributed by atoms with van der Waals surface area (Å²) in [6.45, 7) is -1.18. The predicted molar refractivity (Wildman–Crippen MR) is 132 cm³/mol. The van der Waals surface area contributed by atoms with Crippen LogP contribution in [-0.2, 0) is 16.0 Å². The molecule has 3 aliphatic rings. The molecule has 14 heteroatoms. The highest BCUT2D eigenvalue weighted by molar-refractivity contribution is 6.31. The molecule has 1 aliphatic heterocycles. The van der Waals surface area contributed by atoms with Crippen LogP contribution in [0.3, 0.4) is 0 Å². The van der Waals surface area contributed by atoms with Gasteiger partial charge in [0.25, 0.3) is 0 Å². The van der Waals surface area contributed by atoms with E-state index in [0.717, 1.165) is 0 Å². The van der Waals surface area contributed by atoms with Gasteiger partial charge < -0.3 is 30.1 Å². The average molecular weight is 578 g/mol. The molecule has 1 saturated heterocycles. The van der Waals surface area contributed by atoms with Crippen LogP contribution >= 0.6 is 0 Å². The van der Waals surface area contributed by atoms with Crippen LogP contribution in [-0.4, -0.2) is 105 Å². The van der Waals surface area contributed by atoms with E-state index in [1.807, 2.05) is 0 Å². The molecule has 2 aliphatic carbocycles. The Balaban J connectivity index is 1.43. The van der Waals surface area contributed by atoms with E-state index in [4.69, 9.17) is 4.74 Å². The molecule has 11 nitrogen and oxygen atoms in total. The summed E-state index contributed by atoms with van der Waals surface area (Å²) in [5, 5.41) is 44.4. The number of hydrogen-bond donors (Lipinski definition) is 4. The molecule has 0 radical (unpaired) electrons. The molecule has 0 spiro atoms. The van der Waals surface area contributed by atoms with Crippen LogP contribution in [0.4, 0.5) is 13.2 Å². The summed E-state index contributed by atoms with van der Waals surface area (Å²) in [6.07, 6.45) is -8.00. The van der Waals surface area contributed by atoms with Crippen LogP contribution in [0.2, 0.25) is 0 Å². The molecule has 0 aromatic heterocycles. The molecular formula is C27H25F3N2O9. The molecular weight excluding hydrogens is 553 g/mol. The second kappa shape index (κ2) is 9.82. The molecule has 0 bridgehead atoms. The van der Waals surface area contributed by atoms with Crippen molar-refractivity contribution < 1.29 is 57.5 Å². The zero-order chi connectivity index (χ0) is 30.0. The molecule has 2 aromatic rings. The summed E-state index contributed by atoms with van der Waals surface area (Å²) in [4.78, 5) is 53.5. The molecule has 2 aromatic carbocycles. The van der Waals surface area contributed by atoms with Crippen molar-refractivity contribution in [2.45, 2.75) is 30.7 Å². The smallest absolute Gasteiger partial charge is 0.471 e. The number of nitrogens with zero attached hydrogens (tertiary/aromatic N) is 2. The first kappa shape index (κ1) is 28.5. The molecule has 5 rings (SSSR count). The quantitative estimate of drug-likeness (QED) is 0.327. The SMILES string of the molecule is COc1cccc2c1C(=O)c1c(O)c3c(c(O)c1C2=O)CC(O)(C(=O)CN1CCN(C(=O)C(F)(F)F)CC1)CC3O. The van der Waals surface area contributed by atoms with Gasteiger partial charge in [-0.15, -0.1) is 0 Å². The standard InChI is InChI=1S/C27H25F3N2O9/c1-41-15-4-2-3-12-18(15)24(38)20-19(21(12)35)22(36)13-9-26(40,10-14(33)17(13)23(20)37)16(34)11-31-5-7-32(8-6-31)25(39)27(28,29)30/h2-4,14,33,36-37,40H,5-11H2,1H3. The van der Waals surface area contributed by atoms with Crippen molar-refractivity contribution in [1.82, 2.24) is 9.80 Å². The number of aliphatic hydroxyl groups excluding tert-OH is 1. The van der Waals surface area contributed by atoms with E-state index in [9.17, 15) is 52.8 Å². The minimum absolute atomic E-state index is 0.0623. The maximum absolute atomic E-state index is 13.4. The number of hydrogen-bond acceptors (Lipinski definition) is 10. The summed E-state index contributed by atoms with van der Waals surface area (Å²) < 4.78 is 43.3. The Bertz CT molecular complexity index is 1500. The van der Waals surface area contributed by atoms with Crippen molar-refractivity contribution >= 4 is 23.3 Å². The van der Waals surface area contributed by atoms with Gasteiger partial charge in [0.2, 0.25) is 5.78 Å². The third kappa shape index (κ3) is 4.51. The van der Waals surface area contributed by atoms with Gasteiger partial charge in [-0.2, -0.15) is 13.2 Å². The Morgan fingerprint density at radius 1 is 1.02 bits per heavy atom. The van der Waals surface area contributed by atoms with Gasteiger partial charge in [0.05, 0.1) is 36.4 Å². The number of aliphatic hydroxyl groups is 2. The Morgan fingerprint density at radius 2 is 1.66 bits per heavy atom. The van der Waals surface area contributed by atoms with Crippen LogP contribution in [0.25, 0.3) is 0 Å². The van der Waals surface area contributed by atoms with E-state index in [2.05, 4.69) is 0 Å². The zero-order valence-electron chi connectivity index (χ0n) is 21.6. The first-order chi connectivity index (χ1) is 19.2. The van der Waals surface area contributed by atoms with Gasteiger partial charge in [-0.25, -0.2) is 0 Å². The highest BCUT2D eigenvalue weighted by Gasteiger charge is 2.49. The monoisotopic (exact) mass is 578 g/mol. The maximum atomic E-state index is 13.4. The second-order valence-corrected chi connectivity index (χ2v) is 10.3. The van der Waals surface area contributed by atoms with Crippen LogP contribution < -0.4 is 4.74 Å². The number of methoxy groups -OCH3 is 1. The molecule has 218 valence electrons. The second-order valence-electron chi connectivity index (χ2n) is 10.3. The van der Waals surface area contributed by atoms with E-state index < -0.39 is 83.2 Å². The van der Waals surface area contributed by atoms with Gasteiger partial charge in [-0.05, 0) is 6.07 Å². The molecule has 41 heavy (non-hydrogen) atoms. The minimum atomic E-state index is -5.02. The fourth-order valence-electron chi connectivity index (χ4n) is 5.79. The first-order valence-electron chi connectivity index (χ1n) is 12.6. The van der Waals surface area contributed by atoms with Crippen LogP contribution in [0, 0.1) is 0 Å². The number of piperazine rings is 1. The van der Waals surface area contributed by atoms with Gasteiger partial charge >= 0.3 is 12.1 Å². The van der Waals surface area contributed by atoms with Gasteiger partial charge in [0.1, 0.15) is 22.8 Å². The van der Waals surface area contributed by atoms with Crippen molar-refractivity contribution in [2.75, 3.05) is 39.8 Å². The number of phenols is 2. The number of alkyl halides is 3. The lowest BCUT2D eigenvalue weighted by Crippen LogP contribution is -2.56. The number of ketones is 3. The van der Waals surface area contributed by atoms with Crippen molar-refractivity contribution in [3.8, 4) is 17.2 Å². The van der Waals surface area contributed by atoms with Gasteiger partial charge in [0.15, 0.2) is 11.6 Å². The Hall–Kier alpha value is -4.01. The van der Waals surface area contributed by atoms with E-state index >= 15 is 0 Å². The summed E-state index contributed by atoms with van der Waals surface area (Å²) in [6, 6.07) is 4.25. The average Bonchev–Trinajstić information content (AvgIpc) is 2.92. The third-order valence-corrected chi connectivity index (χ3v) is 7.88. The number of phenolic OH excluding ortho intramolecular Hbond substituents is 2. The normalized spacial score (nSPS) is 22.6. The maximum Gasteiger partial charge on any atom is 0.471 e. The zero-order valence-corrected chi connectivity index (χ0v) is 21.6. The number of aromatic hydroxyl groups is 2. The van der Waals surface area contributed by atoms with Crippen LogP contribution in [0.1, 0.15) is 55.5 Å². The van der Waals surface area contributed by atoms with Crippen LogP contribution in [0.15, 0.2) is 18.2 Å². The van der Waals surface area contributed by atoms with Crippen molar-refractivity contribution in [3.05, 3.63) is 51.6 Å². The number of benzene rings is 2. The van der Waals surface area contributed by atoms with E-state index in [-0.39, 0.29) is 54.2 Å². The molecule has 0 saturated carbocycles. The number of ether oxygens (including phenoxy) is 1. The van der Waals surface area contributed by atoms with E-state index in [1.165, 1.54) is 30.2 Å². The lowest BCUT2D eigenvalue weighted by molar-refractivity contribution is -0.187. The number of rotatable bonds is 4. The lowest BCUT2D eigenvalue weighted by atomic mass is 9.72. The van der Waals surface area contributed by atoms with Crippen molar-refractivity contribution in [3.63, 3.8) is 0 Å². The largest absolute Gasteiger partial charge is 0.507 e.